The lowest BCUT2D eigenvalue weighted by Crippen LogP contribution is -2.33. The van der Waals surface area contributed by atoms with E-state index in [-0.39, 0.29) is 15.5 Å². The molecule has 0 saturated carbocycles. The smallest absolute Gasteiger partial charge is 0.243 e. The summed E-state index contributed by atoms with van der Waals surface area (Å²) >= 11 is 1.82. The zero-order chi connectivity index (χ0) is 14.1. The molecule has 1 saturated heterocycles. The first-order valence-electron chi connectivity index (χ1n) is 6.17. The zero-order valence-electron chi connectivity index (χ0n) is 11.2. The molecule has 0 amide bonds. The summed E-state index contributed by atoms with van der Waals surface area (Å²) in [6.45, 7) is 5.39. The van der Waals surface area contributed by atoms with Crippen LogP contribution in [0.4, 0.5) is 5.82 Å². The molecule has 1 aromatic rings. The Bertz CT molecular complexity index is 558. The van der Waals surface area contributed by atoms with Crippen molar-refractivity contribution >= 4 is 27.6 Å². The van der Waals surface area contributed by atoms with Crippen LogP contribution in [-0.2, 0) is 10.0 Å². The van der Waals surface area contributed by atoms with E-state index in [0.717, 1.165) is 12.2 Å². The first-order chi connectivity index (χ1) is 8.81. The molecule has 2 heterocycles. The molecule has 1 aliphatic rings. The number of hydrogen-bond donors (Lipinski definition) is 1. The molecule has 5 nitrogen and oxygen atoms in total. The number of thioether (sulfide) groups is 1. The maximum absolute atomic E-state index is 12.5. The number of sulfonamides is 1. The van der Waals surface area contributed by atoms with Crippen molar-refractivity contribution in [1.29, 1.82) is 0 Å². The van der Waals surface area contributed by atoms with Gasteiger partial charge in [0.15, 0.2) is 0 Å². The van der Waals surface area contributed by atoms with Gasteiger partial charge in [0, 0.05) is 35.9 Å². The lowest BCUT2D eigenvalue weighted by Gasteiger charge is -2.22. The second-order valence-corrected chi connectivity index (χ2v) is 8.92. The zero-order valence-corrected chi connectivity index (χ0v) is 12.8. The van der Waals surface area contributed by atoms with Crippen molar-refractivity contribution in [3.8, 4) is 0 Å². The Morgan fingerprint density at radius 1 is 1.42 bits per heavy atom. The summed E-state index contributed by atoms with van der Waals surface area (Å²) in [6, 6.07) is 2.91. The van der Waals surface area contributed by atoms with Crippen molar-refractivity contribution in [2.75, 3.05) is 24.6 Å². The van der Waals surface area contributed by atoms with Crippen molar-refractivity contribution in [1.82, 2.24) is 9.29 Å². The van der Waals surface area contributed by atoms with E-state index in [1.165, 1.54) is 18.3 Å². The molecule has 1 fully saturated rings. The van der Waals surface area contributed by atoms with Gasteiger partial charge in [0.2, 0.25) is 10.0 Å². The lowest BCUT2D eigenvalue weighted by atomic mass is 10.1. The van der Waals surface area contributed by atoms with Crippen LogP contribution >= 0.6 is 11.8 Å². The van der Waals surface area contributed by atoms with Gasteiger partial charge in [0.25, 0.3) is 0 Å². The maximum Gasteiger partial charge on any atom is 0.243 e. The SMILES string of the molecule is CC1(C)CCN(S(=O)(=O)c2ccnc(N)c2)CCS1. The number of nitrogen functional groups attached to an aromatic ring is 1. The van der Waals surface area contributed by atoms with Gasteiger partial charge in [-0.05, 0) is 12.5 Å². The van der Waals surface area contributed by atoms with E-state index in [0.29, 0.717) is 13.1 Å². The Kier molecular flexibility index (Phi) is 4.08. The fraction of sp³-hybridized carbons (Fsp3) is 0.583. The molecule has 0 unspecified atom stereocenters. The molecule has 0 spiro atoms. The monoisotopic (exact) mass is 301 g/mol. The van der Waals surface area contributed by atoms with Crippen LogP contribution in [0.3, 0.4) is 0 Å². The van der Waals surface area contributed by atoms with Gasteiger partial charge in [-0.2, -0.15) is 16.1 Å². The van der Waals surface area contributed by atoms with Crippen LogP contribution in [0.1, 0.15) is 20.3 Å². The number of anilines is 1. The van der Waals surface area contributed by atoms with E-state index >= 15 is 0 Å². The average Bonchev–Trinajstić information content (AvgIpc) is 2.50. The molecular weight excluding hydrogens is 282 g/mol. The van der Waals surface area contributed by atoms with Gasteiger partial charge in [0.05, 0.1) is 4.90 Å². The molecule has 0 aliphatic carbocycles. The van der Waals surface area contributed by atoms with E-state index in [1.807, 2.05) is 11.8 Å². The Labute approximate surface area is 118 Å². The first kappa shape index (κ1) is 14.6. The van der Waals surface area contributed by atoms with E-state index in [1.54, 1.807) is 4.31 Å². The quantitative estimate of drug-likeness (QED) is 0.897. The summed E-state index contributed by atoms with van der Waals surface area (Å²) < 4.78 is 26.7. The van der Waals surface area contributed by atoms with Crippen molar-refractivity contribution in [2.45, 2.75) is 29.9 Å². The van der Waals surface area contributed by atoms with E-state index in [9.17, 15) is 8.42 Å². The maximum atomic E-state index is 12.5. The van der Waals surface area contributed by atoms with Gasteiger partial charge in [-0.3, -0.25) is 0 Å². The molecule has 0 bridgehead atoms. The van der Waals surface area contributed by atoms with Crippen molar-refractivity contribution in [2.24, 2.45) is 0 Å². The molecule has 0 aromatic carbocycles. The highest BCUT2D eigenvalue weighted by Gasteiger charge is 2.30. The number of aromatic nitrogens is 1. The summed E-state index contributed by atoms with van der Waals surface area (Å²) in [7, 11) is -3.46. The van der Waals surface area contributed by atoms with Crippen LogP contribution in [0.2, 0.25) is 0 Å². The fourth-order valence-electron chi connectivity index (χ4n) is 1.98. The Balaban J connectivity index is 2.25. The van der Waals surface area contributed by atoms with Gasteiger partial charge in [0.1, 0.15) is 5.82 Å². The van der Waals surface area contributed by atoms with Crippen LogP contribution in [0.25, 0.3) is 0 Å². The number of nitrogens with two attached hydrogens (primary N) is 1. The van der Waals surface area contributed by atoms with E-state index in [2.05, 4.69) is 18.8 Å². The van der Waals surface area contributed by atoms with Gasteiger partial charge >= 0.3 is 0 Å². The van der Waals surface area contributed by atoms with Gasteiger partial charge in [-0.15, -0.1) is 0 Å². The summed E-state index contributed by atoms with van der Waals surface area (Å²) in [4.78, 5) is 4.06. The molecule has 0 atom stereocenters. The van der Waals surface area contributed by atoms with Crippen LogP contribution < -0.4 is 5.73 Å². The predicted octanol–water partition coefficient (Wildman–Crippen LogP) is 1.57. The molecular formula is C12H19N3O2S2. The van der Waals surface area contributed by atoms with Crippen molar-refractivity contribution in [3.63, 3.8) is 0 Å². The Morgan fingerprint density at radius 2 is 2.16 bits per heavy atom. The Morgan fingerprint density at radius 3 is 2.84 bits per heavy atom. The highest BCUT2D eigenvalue weighted by Crippen LogP contribution is 2.32. The van der Waals surface area contributed by atoms with Crippen LogP contribution in [0.5, 0.6) is 0 Å². The van der Waals surface area contributed by atoms with Crippen LogP contribution in [-0.4, -0.2) is 41.3 Å². The average molecular weight is 301 g/mol. The molecule has 2 rings (SSSR count). The standard InChI is InChI=1S/C12H19N3O2S2/c1-12(2)4-6-15(7-8-18-12)19(16,17)10-3-5-14-11(13)9-10/h3,5,9H,4,6-8H2,1-2H3,(H2,13,14). The molecule has 2 N–H and O–H groups in total. The third-order valence-corrected chi connectivity index (χ3v) is 6.45. The number of nitrogens with zero attached hydrogens (tertiary/aromatic N) is 2. The minimum absolute atomic E-state index is 0.127. The number of pyridine rings is 1. The molecule has 1 aliphatic heterocycles. The second-order valence-electron chi connectivity index (χ2n) is 5.18. The van der Waals surface area contributed by atoms with Crippen LogP contribution in [0.15, 0.2) is 23.2 Å². The fourth-order valence-corrected chi connectivity index (χ4v) is 4.66. The first-order valence-corrected chi connectivity index (χ1v) is 8.59. The van der Waals surface area contributed by atoms with E-state index < -0.39 is 10.0 Å². The Hall–Kier alpha value is -0.790. The molecule has 7 heteroatoms. The largest absolute Gasteiger partial charge is 0.384 e. The van der Waals surface area contributed by atoms with Crippen molar-refractivity contribution in [3.05, 3.63) is 18.3 Å². The molecule has 1 aromatic heterocycles. The number of hydrogen-bond acceptors (Lipinski definition) is 5. The molecule has 106 valence electrons. The van der Waals surface area contributed by atoms with E-state index in [4.69, 9.17) is 5.73 Å². The van der Waals surface area contributed by atoms with Gasteiger partial charge < -0.3 is 5.73 Å². The van der Waals surface area contributed by atoms with Gasteiger partial charge in [-0.25, -0.2) is 13.4 Å². The molecule has 0 radical (unpaired) electrons. The highest BCUT2D eigenvalue weighted by molar-refractivity contribution is 8.00. The van der Waals surface area contributed by atoms with Crippen molar-refractivity contribution < 1.29 is 8.42 Å². The topological polar surface area (TPSA) is 76.3 Å². The van der Waals surface area contributed by atoms with Crippen LogP contribution in [0, 0.1) is 0 Å². The highest BCUT2D eigenvalue weighted by atomic mass is 32.2. The summed E-state index contributed by atoms with van der Waals surface area (Å²) in [6.07, 6.45) is 2.27. The minimum atomic E-state index is -3.46. The predicted molar refractivity (Wildman–Crippen MR) is 78.6 cm³/mol. The number of rotatable bonds is 2. The van der Waals surface area contributed by atoms with Gasteiger partial charge in [-0.1, -0.05) is 13.8 Å². The summed E-state index contributed by atoms with van der Waals surface area (Å²) in [5.41, 5.74) is 5.56. The lowest BCUT2D eigenvalue weighted by molar-refractivity contribution is 0.415. The summed E-state index contributed by atoms with van der Waals surface area (Å²) in [5, 5.41) is 0. The minimum Gasteiger partial charge on any atom is -0.384 e. The third-order valence-electron chi connectivity index (χ3n) is 3.19. The normalized spacial score (nSPS) is 20.9. The molecule has 19 heavy (non-hydrogen) atoms. The second kappa shape index (κ2) is 5.30. The summed E-state index contributed by atoms with van der Waals surface area (Å²) in [5.74, 6) is 1.04. The third kappa shape index (κ3) is 3.40.